The summed E-state index contributed by atoms with van der Waals surface area (Å²) in [4.78, 5) is 12.0. The zero-order valence-corrected chi connectivity index (χ0v) is 13.3. The second-order valence-corrected chi connectivity index (χ2v) is 5.21. The Labute approximate surface area is 139 Å². The fraction of sp³-hybridized carbons (Fsp3) is 0.429. The number of carbonyl (C=O) groups excluding carboxylic acids is 1. The Kier molecular flexibility index (Phi) is 6.03. The summed E-state index contributed by atoms with van der Waals surface area (Å²) < 4.78 is 5.56. The summed E-state index contributed by atoms with van der Waals surface area (Å²) in [5.41, 5.74) is 7.41. The molecule has 1 aromatic carbocycles. The SMILES string of the molecule is Cl.NC[C@H]1CC[C@@H](C(=O)NCc2ccc(-c3nn[nH]n3)cc2)O1. The third-order valence-electron chi connectivity index (χ3n) is 3.69. The molecule has 0 radical (unpaired) electrons. The molecule has 8 nitrogen and oxygen atoms in total. The molecule has 0 aliphatic carbocycles. The molecule has 2 heterocycles. The Morgan fingerprint density at radius 2 is 2.13 bits per heavy atom. The van der Waals surface area contributed by atoms with Gasteiger partial charge < -0.3 is 15.8 Å². The molecule has 1 fully saturated rings. The molecule has 9 heteroatoms. The van der Waals surface area contributed by atoms with E-state index in [9.17, 15) is 4.79 Å². The van der Waals surface area contributed by atoms with Crippen molar-refractivity contribution in [3.05, 3.63) is 29.8 Å². The number of hydrogen-bond donors (Lipinski definition) is 3. The second-order valence-electron chi connectivity index (χ2n) is 5.21. The van der Waals surface area contributed by atoms with Gasteiger partial charge in [-0.1, -0.05) is 24.3 Å². The molecule has 23 heavy (non-hydrogen) atoms. The van der Waals surface area contributed by atoms with Gasteiger partial charge in [-0.15, -0.1) is 22.6 Å². The van der Waals surface area contributed by atoms with Gasteiger partial charge in [0.2, 0.25) is 11.7 Å². The van der Waals surface area contributed by atoms with Gasteiger partial charge in [0.15, 0.2) is 0 Å². The number of aromatic amines is 1. The number of benzene rings is 1. The van der Waals surface area contributed by atoms with E-state index in [-0.39, 0.29) is 30.5 Å². The van der Waals surface area contributed by atoms with Crippen molar-refractivity contribution in [2.45, 2.75) is 31.6 Å². The molecule has 1 aromatic heterocycles. The van der Waals surface area contributed by atoms with Crippen LogP contribution in [0, 0.1) is 0 Å². The van der Waals surface area contributed by atoms with Crippen LogP contribution in [0.2, 0.25) is 0 Å². The lowest BCUT2D eigenvalue weighted by Crippen LogP contribution is -2.35. The van der Waals surface area contributed by atoms with Gasteiger partial charge in [-0.25, -0.2) is 0 Å². The average Bonchev–Trinajstić information content (AvgIpc) is 3.24. The fourth-order valence-corrected chi connectivity index (χ4v) is 2.43. The molecule has 0 saturated carbocycles. The van der Waals surface area contributed by atoms with Crippen molar-refractivity contribution in [1.29, 1.82) is 0 Å². The topological polar surface area (TPSA) is 119 Å². The lowest BCUT2D eigenvalue weighted by molar-refractivity contribution is -0.132. The number of ether oxygens (including phenoxy) is 1. The highest BCUT2D eigenvalue weighted by Crippen LogP contribution is 2.19. The van der Waals surface area contributed by atoms with E-state index in [1.165, 1.54) is 0 Å². The Bertz CT molecular complexity index is 619. The maximum Gasteiger partial charge on any atom is 0.249 e. The van der Waals surface area contributed by atoms with E-state index in [4.69, 9.17) is 10.5 Å². The minimum absolute atomic E-state index is 0. The van der Waals surface area contributed by atoms with E-state index in [0.717, 1.165) is 24.0 Å². The molecule has 1 amide bonds. The molecule has 124 valence electrons. The van der Waals surface area contributed by atoms with Crippen LogP contribution in [0.15, 0.2) is 24.3 Å². The molecule has 3 rings (SSSR count). The predicted molar refractivity (Wildman–Crippen MR) is 85.7 cm³/mol. The molecule has 1 aliphatic rings. The number of amides is 1. The van der Waals surface area contributed by atoms with Gasteiger partial charge in [0.25, 0.3) is 0 Å². The Morgan fingerprint density at radius 3 is 2.74 bits per heavy atom. The summed E-state index contributed by atoms with van der Waals surface area (Å²) in [5, 5.41) is 16.6. The van der Waals surface area contributed by atoms with Crippen LogP contribution < -0.4 is 11.1 Å². The standard InChI is InChI=1S/C14H18N6O2.ClH/c15-7-11-5-6-12(22-11)14(21)16-8-9-1-3-10(4-2-9)13-17-19-20-18-13;/h1-4,11-12H,5-8,15H2,(H,16,21)(H,17,18,19,20);1H/t11-,12+;/m1./s1. The maximum absolute atomic E-state index is 12.0. The van der Waals surface area contributed by atoms with E-state index in [0.29, 0.717) is 18.9 Å². The van der Waals surface area contributed by atoms with E-state index in [1.54, 1.807) is 0 Å². The van der Waals surface area contributed by atoms with Gasteiger partial charge in [0.05, 0.1) is 6.10 Å². The van der Waals surface area contributed by atoms with Crippen LogP contribution in [0.1, 0.15) is 18.4 Å². The first kappa shape index (κ1) is 17.3. The first-order valence-corrected chi connectivity index (χ1v) is 7.22. The number of nitrogens with zero attached hydrogens (tertiary/aromatic N) is 3. The monoisotopic (exact) mass is 338 g/mol. The van der Waals surface area contributed by atoms with Gasteiger partial charge in [-0.2, -0.15) is 5.21 Å². The number of tetrazole rings is 1. The van der Waals surface area contributed by atoms with Crippen molar-refractivity contribution in [2.75, 3.05) is 6.54 Å². The molecule has 1 aliphatic heterocycles. The molecule has 4 N–H and O–H groups in total. The number of hydrogen-bond acceptors (Lipinski definition) is 6. The summed E-state index contributed by atoms with van der Waals surface area (Å²) in [6, 6.07) is 7.63. The van der Waals surface area contributed by atoms with Gasteiger partial charge in [0.1, 0.15) is 6.10 Å². The zero-order valence-electron chi connectivity index (χ0n) is 12.4. The minimum atomic E-state index is -0.382. The summed E-state index contributed by atoms with van der Waals surface area (Å²) in [7, 11) is 0. The molecule has 2 atom stereocenters. The van der Waals surface area contributed by atoms with E-state index in [1.807, 2.05) is 24.3 Å². The normalized spacial score (nSPS) is 20.0. The molecule has 1 saturated heterocycles. The number of halogens is 1. The van der Waals surface area contributed by atoms with E-state index < -0.39 is 0 Å². The van der Waals surface area contributed by atoms with E-state index >= 15 is 0 Å². The Morgan fingerprint density at radius 1 is 1.35 bits per heavy atom. The van der Waals surface area contributed by atoms with Crippen LogP contribution in [0.5, 0.6) is 0 Å². The molecular formula is C14H19ClN6O2. The number of rotatable bonds is 5. The van der Waals surface area contributed by atoms with Crippen LogP contribution in [-0.4, -0.2) is 45.3 Å². The van der Waals surface area contributed by atoms with Crippen LogP contribution in [-0.2, 0) is 16.1 Å². The summed E-state index contributed by atoms with van der Waals surface area (Å²) in [5.74, 6) is 0.459. The van der Waals surface area contributed by atoms with Crippen molar-refractivity contribution in [2.24, 2.45) is 5.73 Å². The van der Waals surface area contributed by atoms with Gasteiger partial charge in [-0.3, -0.25) is 4.79 Å². The van der Waals surface area contributed by atoms with Crippen LogP contribution in [0.4, 0.5) is 0 Å². The van der Waals surface area contributed by atoms with Crippen molar-refractivity contribution in [3.63, 3.8) is 0 Å². The van der Waals surface area contributed by atoms with Crippen molar-refractivity contribution in [3.8, 4) is 11.4 Å². The maximum atomic E-state index is 12.0. The van der Waals surface area contributed by atoms with Gasteiger partial charge >= 0.3 is 0 Å². The quantitative estimate of drug-likeness (QED) is 0.726. The van der Waals surface area contributed by atoms with Gasteiger partial charge in [-0.05, 0) is 23.6 Å². The average molecular weight is 339 g/mol. The first-order valence-electron chi connectivity index (χ1n) is 7.22. The van der Waals surface area contributed by atoms with Crippen LogP contribution in [0.25, 0.3) is 11.4 Å². The highest BCUT2D eigenvalue weighted by molar-refractivity contribution is 5.85. The molecular weight excluding hydrogens is 320 g/mol. The minimum Gasteiger partial charge on any atom is -0.364 e. The lowest BCUT2D eigenvalue weighted by atomic mass is 10.1. The second kappa shape index (κ2) is 8.00. The third-order valence-corrected chi connectivity index (χ3v) is 3.69. The predicted octanol–water partition coefficient (Wildman–Crippen LogP) is 0.411. The summed E-state index contributed by atoms with van der Waals surface area (Å²) in [6.07, 6.45) is 1.19. The van der Waals surface area contributed by atoms with Crippen LogP contribution >= 0.6 is 12.4 Å². The van der Waals surface area contributed by atoms with Crippen molar-refractivity contribution in [1.82, 2.24) is 25.9 Å². The van der Waals surface area contributed by atoms with Crippen molar-refractivity contribution < 1.29 is 9.53 Å². The first-order chi connectivity index (χ1) is 10.8. The number of carbonyl (C=O) groups is 1. The van der Waals surface area contributed by atoms with E-state index in [2.05, 4.69) is 25.9 Å². The number of nitrogens with one attached hydrogen (secondary N) is 2. The highest BCUT2D eigenvalue weighted by atomic mass is 35.5. The third kappa shape index (κ3) is 4.25. The van der Waals surface area contributed by atoms with Crippen LogP contribution in [0.3, 0.4) is 0 Å². The lowest BCUT2D eigenvalue weighted by Gasteiger charge is -2.12. The highest BCUT2D eigenvalue weighted by Gasteiger charge is 2.29. The smallest absolute Gasteiger partial charge is 0.249 e. The Hall–Kier alpha value is -2.03. The summed E-state index contributed by atoms with van der Waals surface area (Å²) >= 11 is 0. The molecule has 0 bridgehead atoms. The Balaban J connectivity index is 0.00000192. The zero-order chi connectivity index (χ0) is 15.4. The molecule has 0 unspecified atom stereocenters. The molecule has 2 aromatic rings. The number of aromatic nitrogens is 4. The largest absolute Gasteiger partial charge is 0.364 e. The number of H-pyrrole nitrogens is 1. The van der Waals surface area contributed by atoms with Gasteiger partial charge in [0, 0.05) is 18.7 Å². The van der Waals surface area contributed by atoms with Crippen molar-refractivity contribution >= 4 is 18.3 Å². The summed E-state index contributed by atoms with van der Waals surface area (Å²) in [6.45, 7) is 0.917. The fourth-order valence-electron chi connectivity index (χ4n) is 2.43. The number of nitrogens with two attached hydrogens (primary N) is 1. The molecule has 0 spiro atoms.